The number of hydrogen-bond donors (Lipinski definition) is 5. The Hall–Kier alpha value is -6.16. The minimum atomic E-state index is -0.969. The topological polar surface area (TPSA) is 202 Å². The van der Waals surface area contributed by atoms with Crippen LogP contribution >= 0.6 is 0 Å². The highest BCUT2D eigenvalue weighted by molar-refractivity contribution is 6.07. The lowest BCUT2D eigenvalue weighted by atomic mass is 9.92. The number of fused-ring (bicyclic) bond motifs is 6. The first-order chi connectivity index (χ1) is 30.5. The molecular weight excluding hydrogens is 817 g/mol. The monoisotopic (exact) mass is 878 g/mol. The van der Waals surface area contributed by atoms with Crippen LogP contribution in [0.5, 0.6) is 5.75 Å². The van der Waals surface area contributed by atoms with Gasteiger partial charge in [0.2, 0.25) is 11.8 Å². The average molecular weight is 879 g/mol. The normalized spacial score (nSPS) is 17.8. The van der Waals surface area contributed by atoms with E-state index in [9.17, 15) is 19.2 Å². The number of carbonyl (C=O) groups excluding carboxylic acids is 4. The van der Waals surface area contributed by atoms with Gasteiger partial charge in [0.1, 0.15) is 36.1 Å². The number of methoxy groups -OCH3 is 2. The number of unbranched alkanes of at least 4 members (excludes halogenated alkanes) is 1. The molecule has 1 fully saturated rings. The van der Waals surface area contributed by atoms with Gasteiger partial charge in [0.05, 0.1) is 60.9 Å². The molecule has 4 amide bonds. The van der Waals surface area contributed by atoms with Crippen LogP contribution in [0.15, 0.2) is 48.7 Å². The van der Waals surface area contributed by atoms with Crippen LogP contribution < -0.4 is 20.7 Å². The lowest BCUT2D eigenvalue weighted by molar-refractivity contribution is -0.144. The van der Waals surface area contributed by atoms with E-state index >= 15 is 0 Å². The number of amides is 4. The highest BCUT2D eigenvalue weighted by Crippen LogP contribution is 2.43. The van der Waals surface area contributed by atoms with Crippen LogP contribution in [-0.2, 0) is 30.4 Å². The summed E-state index contributed by atoms with van der Waals surface area (Å²) in [6, 6.07) is 12.0. The Morgan fingerprint density at radius 1 is 0.922 bits per heavy atom. The molecule has 2 aliphatic rings. The summed E-state index contributed by atoms with van der Waals surface area (Å²) >= 11 is 0. The van der Waals surface area contributed by atoms with E-state index in [1.165, 1.54) is 14.2 Å². The maximum Gasteiger partial charge on any atom is 0.407 e. The van der Waals surface area contributed by atoms with Gasteiger partial charge >= 0.3 is 12.2 Å². The van der Waals surface area contributed by atoms with Gasteiger partial charge in [-0.3, -0.25) is 9.59 Å². The molecule has 0 spiro atoms. The number of rotatable bonds is 14. The van der Waals surface area contributed by atoms with E-state index in [2.05, 4.69) is 63.2 Å². The van der Waals surface area contributed by atoms with Gasteiger partial charge in [-0.05, 0) is 106 Å². The smallest absolute Gasteiger partial charge is 0.407 e. The Bertz CT molecular complexity index is 2520. The van der Waals surface area contributed by atoms with Crippen LogP contribution in [0.1, 0.15) is 117 Å². The number of imidazole rings is 2. The number of nitrogens with one attached hydrogen (secondary N) is 5. The molecule has 0 unspecified atom stereocenters. The van der Waals surface area contributed by atoms with Gasteiger partial charge in [-0.25, -0.2) is 19.6 Å². The van der Waals surface area contributed by atoms with Crippen molar-refractivity contribution in [3.05, 3.63) is 65.9 Å². The first-order valence-electron chi connectivity index (χ1n) is 22.3. The summed E-state index contributed by atoms with van der Waals surface area (Å²) in [6.45, 7) is 15.7. The number of benzene rings is 3. The van der Waals surface area contributed by atoms with E-state index in [1.54, 1.807) is 13.1 Å². The van der Waals surface area contributed by atoms with Crippen molar-refractivity contribution in [3.8, 4) is 28.1 Å². The van der Waals surface area contributed by atoms with E-state index in [-0.39, 0.29) is 35.9 Å². The van der Waals surface area contributed by atoms with Crippen LogP contribution in [0.2, 0.25) is 0 Å². The SMILES string of the molecule is CCCC[C@H](NC(=O)[C@@H](NC(=O)OC)C(C)C)c1ncc(-c2ccc3c(c2)COc2cc4c(ccc5[nH]c([C@@H]6CC[C@H](C)N6C(=O)[C@@H](NC(=O)OC)[C@@H](C)OC(C)(C)C)nc54)cc2-3)[nH]1. The molecule has 16 heteroatoms. The third kappa shape index (κ3) is 9.66. The molecule has 3 aromatic carbocycles. The van der Waals surface area contributed by atoms with Gasteiger partial charge in [0.25, 0.3) is 0 Å². The predicted molar refractivity (Wildman–Crippen MR) is 243 cm³/mol. The zero-order valence-corrected chi connectivity index (χ0v) is 38.5. The number of carbonyl (C=O) groups is 4. The molecule has 5 aromatic rings. The van der Waals surface area contributed by atoms with Crippen molar-refractivity contribution in [2.45, 2.75) is 136 Å². The summed E-state index contributed by atoms with van der Waals surface area (Å²) in [4.78, 5) is 70.8. The van der Waals surface area contributed by atoms with E-state index in [4.69, 9.17) is 28.9 Å². The molecule has 342 valence electrons. The summed E-state index contributed by atoms with van der Waals surface area (Å²) in [6.07, 6.45) is 3.75. The van der Waals surface area contributed by atoms with E-state index in [1.807, 2.05) is 58.6 Å². The minimum Gasteiger partial charge on any atom is -0.488 e. The van der Waals surface area contributed by atoms with Crippen LogP contribution in [-0.4, -0.2) is 92.9 Å². The van der Waals surface area contributed by atoms with E-state index < -0.39 is 36.0 Å². The summed E-state index contributed by atoms with van der Waals surface area (Å²) < 4.78 is 22.3. The number of likely N-dealkylation sites (tertiary alicyclic amines) is 1. The molecule has 4 heterocycles. The second-order valence-corrected chi connectivity index (χ2v) is 18.3. The Labute approximate surface area is 373 Å². The van der Waals surface area contributed by atoms with Gasteiger partial charge in [-0.1, -0.05) is 51.8 Å². The fourth-order valence-electron chi connectivity index (χ4n) is 8.94. The number of aromatic nitrogens is 4. The first kappa shape index (κ1) is 45.9. The molecule has 0 radical (unpaired) electrons. The van der Waals surface area contributed by atoms with Gasteiger partial charge in [0, 0.05) is 17.0 Å². The number of ether oxygens (including phenoxy) is 4. The maximum absolute atomic E-state index is 14.4. The Morgan fingerprint density at radius 2 is 1.66 bits per heavy atom. The Balaban J connectivity index is 1.14. The highest BCUT2D eigenvalue weighted by atomic mass is 16.5. The van der Waals surface area contributed by atoms with Crippen molar-refractivity contribution in [2.75, 3.05) is 14.2 Å². The van der Waals surface area contributed by atoms with Crippen molar-refractivity contribution in [2.24, 2.45) is 5.92 Å². The molecule has 5 N–H and O–H groups in total. The highest BCUT2D eigenvalue weighted by Gasteiger charge is 2.43. The predicted octanol–water partition coefficient (Wildman–Crippen LogP) is 8.37. The largest absolute Gasteiger partial charge is 0.488 e. The third-order valence-corrected chi connectivity index (χ3v) is 12.1. The second kappa shape index (κ2) is 18.9. The van der Waals surface area contributed by atoms with Crippen molar-refractivity contribution in [1.82, 2.24) is 40.8 Å². The minimum absolute atomic E-state index is 0.0983. The van der Waals surface area contributed by atoms with Crippen LogP contribution in [0.25, 0.3) is 44.2 Å². The molecule has 2 aromatic heterocycles. The van der Waals surface area contributed by atoms with Crippen molar-refractivity contribution >= 4 is 45.8 Å². The first-order valence-corrected chi connectivity index (χ1v) is 22.3. The summed E-state index contributed by atoms with van der Waals surface area (Å²) in [5, 5.41) is 10.4. The number of hydrogen-bond acceptors (Lipinski definition) is 10. The number of alkyl carbamates (subject to hydrolysis) is 2. The van der Waals surface area contributed by atoms with Crippen molar-refractivity contribution in [1.29, 1.82) is 0 Å². The van der Waals surface area contributed by atoms with Crippen molar-refractivity contribution in [3.63, 3.8) is 0 Å². The fourth-order valence-corrected chi connectivity index (χ4v) is 8.94. The molecule has 16 nitrogen and oxygen atoms in total. The zero-order chi connectivity index (χ0) is 46.0. The van der Waals surface area contributed by atoms with Crippen LogP contribution in [0, 0.1) is 5.92 Å². The lowest BCUT2D eigenvalue weighted by Gasteiger charge is -2.35. The van der Waals surface area contributed by atoms with E-state index in [0.29, 0.717) is 31.1 Å². The molecule has 2 aliphatic heterocycles. The van der Waals surface area contributed by atoms with E-state index in [0.717, 1.165) is 74.8 Å². The van der Waals surface area contributed by atoms with Crippen LogP contribution in [0.3, 0.4) is 0 Å². The molecule has 0 bridgehead atoms. The molecule has 7 rings (SSSR count). The molecule has 0 saturated carbocycles. The number of nitrogens with zero attached hydrogens (tertiary/aromatic N) is 3. The zero-order valence-electron chi connectivity index (χ0n) is 38.5. The Kier molecular flexibility index (Phi) is 13.5. The lowest BCUT2D eigenvalue weighted by Crippen LogP contribution is -2.56. The maximum atomic E-state index is 14.4. The van der Waals surface area contributed by atoms with Gasteiger partial charge < -0.3 is 49.8 Å². The summed E-state index contributed by atoms with van der Waals surface area (Å²) in [5.74, 6) is 1.35. The standard InChI is InChI=1S/C48H62N8O8/c1-11-12-13-35(52-44(57)39(25(2)3)54-46(59)61-9)42-49-23-36(51-42)29-15-17-31-30(20-29)24-63-38-22-32-28(21-33(31)38)16-18-34-41(32)53-43(50-34)37-19-14-26(4)56(37)45(58)40(55-47(60)62-10)27(5)64-48(6,7)8/h15-18,20-23,25-27,35,37,39-40H,11-14,19,24H2,1-10H3,(H,49,51)(H,50,53)(H,52,57)(H,54,59)(H,55,60)/t26-,27+,35-,37-,39-,40-/m0/s1. The number of H-pyrrole nitrogens is 2. The van der Waals surface area contributed by atoms with Gasteiger partial charge in [-0.2, -0.15) is 0 Å². The third-order valence-electron chi connectivity index (χ3n) is 12.1. The van der Waals surface area contributed by atoms with Crippen LogP contribution in [0.4, 0.5) is 9.59 Å². The second-order valence-electron chi connectivity index (χ2n) is 18.3. The molecular formula is C48H62N8O8. The fraction of sp³-hybridized carbons (Fsp3) is 0.500. The number of aromatic amines is 2. The quantitative estimate of drug-likeness (QED) is 0.0722. The summed E-state index contributed by atoms with van der Waals surface area (Å²) in [5.41, 5.74) is 5.88. The van der Waals surface area contributed by atoms with Crippen molar-refractivity contribution < 1.29 is 38.1 Å². The van der Waals surface area contributed by atoms with Gasteiger partial charge in [0.15, 0.2) is 0 Å². The van der Waals surface area contributed by atoms with Gasteiger partial charge in [-0.15, -0.1) is 0 Å². The molecule has 1 saturated heterocycles. The summed E-state index contributed by atoms with van der Waals surface area (Å²) in [7, 11) is 2.55. The molecule has 0 aliphatic carbocycles. The molecule has 64 heavy (non-hydrogen) atoms. The molecule has 6 atom stereocenters. The average Bonchev–Trinajstić information content (AvgIpc) is 4.03. The Morgan fingerprint density at radius 3 is 2.34 bits per heavy atom.